The first-order valence-corrected chi connectivity index (χ1v) is 8.19. The highest BCUT2D eigenvalue weighted by Gasteiger charge is 2.20. The van der Waals surface area contributed by atoms with E-state index in [9.17, 15) is 14.7 Å². The van der Waals surface area contributed by atoms with E-state index in [0.29, 0.717) is 21.5 Å². The van der Waals surface area contributed by atoms with Crippen LogP contribution in [0.4, 0.5) is 5.69 Å². The van der Waals surface area contributed by atoms with Crippen molar-refractivity contribution in [1.82, 2.24) is 9.13 Å². The molecule has 122 valence electrons. The molecule has 0 aliphatic carbocycles. The summed E-state index contributed by atoms with van der Waals surface area (Å²) in [4.78, 5) is 28.7. The Labute approximate surface area is 142 Å². The molecule has 0 saturated carbocycles. The number of thioether (sulfide) groups is 1. The quantitative estimate of drug-likeness (QED) is 0.678. The fourth-order valence-corrected chi connectivity index (χ4v) is 2.84. The van der Waals surface area contributed by atoms with Crippen LogP contribution in [-0.2, 0) is 14.1 Å². The minimum Gasteiger partial charge on any atom is -0.494 e. The fourth-order valence-electron chi connectivity index (χ4n) is 1.95. The van der Waals surface area contributed by atoms with Gasteiger partial charge in [0.05, 0.1) is 5.69 Å². The summed E-state index contributed by atoms with van der Waals surface area (Å²) in [6.07, 6.45) is 0. The van der Waals surface area contributed by atoms with Crippen molar-refractivity contribution in [2.75, 3.05) is 5.75 Å². The van der Waals surface area contributed by atoms with Crippen LogP contribution >= 0.6 is 23.4 Å². The van der Waals surface area contributed by atoms with Gasteiger partial charge in [0.15, 0.2) is 0 Å². The number of rotatable bonds is 3. The molecular formula is C15H16ClN3O3S. The van der Waals surface area contributed by atoms with E-state index in [4.69, 9.17) is 11.6 Å². The van der Waals surface area contributed by atoms with Crippen LogP contribution in [0.15, 0.2) is 38.8 Å². The molecule has 0 aliphatic heterocycles. The first-order valence-electron chi connectivity index (χ1n) is 6.83. The molecule has 8 heteroatoms. The van der Waals surface area contributed by atoms with Gasteiger partial charge in [-0.05, 0) is 30.0 Å². The number of hydrogen-bond acceptors (Lipinski definition) is 5. The lowest BCUT2D eigenvalue weighted by atomic mass is 10.3. The molecule has 0 unspecified atom stereocenters. The Hall–Kier alpha value is -1.99. The SMILES string of the molecule is CCSC(=Nc1ccc(Cl)cc1)c1c(O)n(C)c(=O)n(C)c1=O. The van der Waals surface area contributed by atoms with Crippen molar-refractivity contribution in [1.29, 1.82) is 0 Å². The average Bonchev–Trinajstić information content (AvgIpc) is 2.53. The van der Waals surface area contributed by atoms with E-state index in [1.165, 1.54) is 25.9 Å². The van der Waals surface area contributed by atoms with Gasteiger partial charge in [-0.3, -0.25) is 13.9 Å². The number of aliphatic imine (C=N–C) groups is 1. The Morgan fingerprint density at radius 1 is 1.22 bits per heavy atom. The summed E-state index contributed by atoms with van der Waals surface area (Å²) in [5.74, 6) is 0.254. The minimum atomic E-state index is -0.594. The summed E-state index contributed by atoms with van der Waals surface area (Å²) < 4.78 is 1.97. The van der Waals surface area contributed by atoms with Crippen LogP contribution in [0.25, 0.3) is 0 Å². The Morgan fingerprint density at radius 3 is 2.39 bits per heavy atom. The maximum atomic E-state index is 12.4. The maximum absolute atomic E-state index is 12.4. The fraction of sp³-hybridized carbons (Fsp3) is 0.267. The maximum Gasteiger partial charge on any atom is 0.333 e. The van der Waals surface area contributed by atoms with Crippen LogP contribution in [0.2, 0.25) is 5.02 Å². The number of aromatic hydroxyl groups is 1. The summed E-state index contributed by atoms with van der Waals surface area (Å²) in [6, 6.07) is 6.80. The second-order valence-corrected chi connectivity index (χ2v) is 6.42. The standard InChI is InChI=1S/C15H16ClN3O3S/c1-4-23-12(17-10-7-5-9(16)6-8-10)11-13(20)18(2)15(22)19(3)14(11)21/h5-8,20H,4H2,1-3H3. The van der Waals surface area contributed by atoms with Gasteiger partial charge in [0.1, 0.15) is 10.6 Å². The Balaban J connectivity index is 2.70. The molecule has 0 atom stereocenters. The van der Waals surface area contributed by atoms with Crippen molar-refractivity contribution >= 4 is 34.1 Å². The van der Waals surface area contributed by atoms with Gasteiger partial charge in [0, 0.05) is 19.1 Å². The van der Waals surface area contributed by atoms with E-state index >= 15 is 0 Å². The highest BCUT2D eigenvalue weighted by Crippen LogP contribution is 2.23. The van der Waals surface area contributed by atoms with Crippen LogP contribution in [0.5, 0.6) is 5.88 Å². The third-order valence-corrected chi connectivity index (χ3v) is 4.30. The largest absolute Gasteiger partial charge is 0.494 e. The first kappa shape index (κ1) is 17.4. The molecule has 0 saturated heterocycles. The third-order valence-electron chi connectivity index (χ3n) is 3.19. The summed E-state index contributed by atoms with van der Waals surface area (Å²) in [6.45, 7) is 1.91. The number of halogens is 1. The van der Waals surface area contributed by atoms with E-state index in [0.717, 1.165) is 9.13 Å². The molecule has 0 bridgehead atoms. The highest BCUT2D eigenvalue weighted by atomic mass is 35.5. The lowest BCUT2D eigenvalue weighted by Gasteiger charge is -2.11. The molecule has 0 fully saturated rings. The zero-order valence-corrected chi connectivity index (χ0v) is 14.5. The lowest BCUT2D eigenvalue weighted by Crippen LogP contribution is -2.39. The van der Waals surface area contributed by atoms with Crippen molar-refractivity contribution < 1.29 is 5.11 Å². The van der Waals surface area contributed by atoms with Crippen LogP contribution in [0.3, 0.4) is 0 Å². The number of aromatic nitrogens is 2. The third kappa shape index (κ3) is 3.51. The Bertz CT molecular complexity index is 869. The Morgan fingerprint density at radius 2 is 1.83 bits per heavy atom. The monoisotopic (exact) mass is 353 g/mol. The van der Waals surface area contributed by atoms with Crippen LogP contribution in [0.1, 0.15) is 12.5 Å². The smallest absolute Gasteiger partial charge is 0.333 e. The van der Waals surface area contributed by atoms with Crippen molar-refractivity contribution in [2.45, 2.75) is 6.92 Å². The molecular weight excluding hydrogens is 338 g/mol. The van der Waals surface area contributed by atoms with Crippen LogP contribution in [-0.4, -0.2) is 25.0 Å². The van der Waals surface area contributed by atoms with Crippen molar-refractivity contribution in [2.24, 2.45) is 19.1 Å². The molecule has 1 N–H and O–H groups in total. The molecule has 1 aromatic heterocycles. The molecule has 6 nitrogen and oxygen atoms in total. The summed E-state index contributed by atoms with van der Waals surface area (Å²) in [5, 5.41) is 11.2. The second-order valence-electron chi connectivity index (χ2n) is 4.73. The molecule has 0 aliphatic rings. The number of nitrogens with zero attached hydrogens (tertiary/aromatic N) is 3. The summed E-state index contributed by atoms with van der Waals surface area (Å²) in [7, 11) is 2.77. The Kier molecular flexibility index (Phi) is 5.33. The average molecular weight is 354 g/mol. The molecule has 23 heavy (non-hydrogen) atoms. The first-order chi connectivity index (χ1) is 10.9. The van der Waals surface area contributed by atoms with Crippen LogP contribution in [0, 0.1) is 0 Å². The van der Waals surface area contributed by atoms with Gasteiger partial charge in [-0.1, -0.05) is 18.5 Å². The molecule has 0 radical (unpaired) electrons. The zero-order chi connectivity index (χ0) is 17.1. The zero-order valence-electron chi connectivity index (χ0n) is 12.9. The van der Waals surface area contributed by atoms with Gasteiger partial charge in [-0.25, -0.2) is 9.79 Å². The van der Waals surface area contributed by atoms with Gasteiger partial charge in [-0.15, -0.1) is 11.8 Å². The van der Waals surface area contributed by atoms with E-state index in [1.807, 2.05) is 6.92 Å². The molecule has 2 rings (SSSR count). The van der Waals surface area contributed by atoms with Crippen molar-refractivity contribution in [3.05, 3.63) is 55.7 Å². The normalized spacial score (nSPS) is 11.7. The van der Waals surface area contributed by atoms with E-state index < -0.39 is 17.1 Å². The van der Waals surface area contributed by atoms with E-state index in [2.05, 4.69) is 4.99 Å². The topological polar surface area (TPSA) is 76.6 Å². The van der Waals surface area contributed by atoms with E-state index in [1.54, 1.807) is 24.3 Å². The van der Waals surface area contributed by atoms with Gasteiger partial charge in [-0.2, -0.15) is 0 Å². The van der Waals surface area contributed by atoms with Crippen LogP contribution < -0.4 is 11.2 Å². The van der Waals surface area contributed by atoms with Crippen molar-refractivity contribution in [3.63, 3.8) is 0 Å². The molecule has 0 spiro atoms. The number of hydrogen-bond donors (Lipinski definition) is 1. The van der Waals surface area contributed by atoms with E-state index in [-0.39, 0.29) is 5.56 Å². The summed E-state index contributed by atoms with van der Waals surface area (Å²) >= 11 is 7.16. The highest BCUT2D eigenvalue weighted by molar-refractivity contribution is 8.14. The number of benzene rings is 1. The van der Waals surface area contributed by atoms with Crippen molar-refractivity contribution in [3.8, 4) is 5.88 Å². The second kappa shape index (κ2) is 7.06. The lowest BCUT2D eigenvalue weighted by molar-refractivity contribution is 0.410. The molecule has 0 amide bonds. The van der Waals surface area contributed by atoms with Gasteiger partial charge >= 0.3 is 5.69 Å². The predicted octanol–water partition coefficient (Wildman–Crippen LogP) is 2.27. The van der Waals surface area contributed by atoms with Gasteiger partial charge in [0.2, 0.25) is 5.88 Å². The van der Waals surface area contributed by atoms with Gasteiger partial charge < -0.3 is 5.11 Å². The minimum absolute atomic E-state index is 0.0106. The van der Waals surface area contributed by atoms with Gasteiger partial charge in [0.25, 0.3) is 5.56 Å². The molecule has 1 aromatic carbocycles. The molecule has 2 aromatic rings. The molecule has 1 heterocycles. The summed E-state index contributed by atoms with van der Waals surface area (Å²) in [5.41, 5.74) is -0.570. The predicted molar refractivity (Wildman–Crippen MR) is 94.4 cm³/mol.